The maximum absolute atomic E-state index is 12.9. The van der Waals surface area contributed by atoms with Gasteiger partial charge in [0.15, 0.2) is 0 Å². The van der Waals surface area contributed by atoms with Crippen LogP contribution in [-0.4, -0.2) is 24.5 Å². The summed E-state index contributed by atoms with van der Waals surface area (Å²) >= 11 is 0. The molecule has 0 fully saturated rings. The van der Waals surface area contributed by atoms with Crippen molar-refractivity contribution in [2.75, 3.05) is 16.8 Å². The highest BCUT2D eigenvalue weighted by Gasteiger charge is 2.31. The van der Waals surface area contributed by atoms with E-state index in [4.69, 9.17) is 4.74 Å². The number of anilines is 2. The molecule has 1 N–H and O–H groups in total. The first-order chi connectivity index (χ1) is 13.1. The second-order valence-corrected chi connectivity index (χ2v) is 6.36. The number of hydrogen-bond acceptors (Lipinski definition) is 3. The van der Waals surface area contributed by atoms with Crippen LogP contribution in [-0.2, 0) is 15.8 Å². The lowest BCUT2D eigenvalue weighted by Crippen LogP contribution is -2.36. The third kappa shape index (κ3) is 5.73. The van der Waals surface area contributed by atoms with Crippen LogP contribution < -0.4 is 15.0 Å². The van der Waals surface area contributed by atoms with Crippen molar-refractivity contribution in [1.29, 1.82) is 0 Å². The maximum Gasteiger partial charge on any atom is 0.416 e. The standard InChI is InChI=1S/C20H21F3N2O3/c1-13(2)28-18-10-5-4-9-17(18)24-19(27)12-25(14(3)26)16-8-6-7-15(11-16)20(21,22)23/h4-11,13H,12H2,1-3H3,(H,24,27). The minimum atomic E-state index is -4.55. The maximum atomic E-state index is 12.9. The minimum Gasteiger partial charge on any atom is -0.489 e. The average molecular weight is 394 g/mol. The Labute approximate surface area is 161 Å². The molecule has 2 aromatic carbocycles. The Bertz CT molecular complexity index is 851. The van der Waals surface area contributed by atoms with Crippen LogP contribution in [0.15, 0.2) is 48.5 Å². The van der Waals surface area contributed by atoms with Gasteiger partial charge in [-0.1, -0.05) is 18.2 Å². The van der Waals surface area contributed by atoms with E-state index in [1.165, 1.54) is 19.1 Å². The van der Waals surface area contributed by atoms with E-state index in [-0.39, 0.29) is 11.8 Å². The average Bonchev–Trinajstić information content (AvgIpc) is 2.60. The summed E-state index contributed by atoms with van der Waals surface area (Å²) in [5.74, 6) is -0.659. The van der Waals surface area contributed by atoms with E-state index in [1.807, 2.05) is 13.8 Å². The minimum absolute atomic E-state index is 0.0100. The second kappa shape index (κ2) is 8.77. The summed E-state index contributed by atoms with van der Waals surface area (Å²) < 4.78 is 44.4. The Balaban J connectivity index is 2.20. The molecule has 0 atom stereocenters. The Morgan fingerprint density at radius 2 is 1.79 bits per heavy atom. The van der Waals surface area contributed by atoms with Gasteiger partial charge < -0.3 is 15.0 Å². The molecule has 0 spiro atoms. The van der Waals surface area contributed by atoms with Gasteiger partial charge in [0, 0.05) is 12.6 Å². The van der Waals surface area contributed by atoms with Crippen molar-refractivity contribution in [2.24, 2.45) is 0 Å². The third-order valence-electron chi connectivity index (χ3n) is 3.69. The van der Waals surface area contributed by atoms with Gasteiger partial charge in [0.2, 0.25) is 11.8 Å². The number of benzene rings is 2. The molecule has 5 nitrogen and oxygen atoms in total. The van der Waals surface area contributed by atoms with Crippen LogP contribution in [0.3, 0.4) is 0 Å². The fraction of sp³-hybridized carbons (Fsp3) is 0.300. The summed E-state index contributed by atoms with van der Waals surface area (Å²) in [6, 6.07) is 11.1. The molecule has 0 radical (unpaired) electrons. The van der Waals surface area contributed by atoms with Gasteiger partial charge in [0.05, 0.1) is 17.4 Å². The van der Waals surface area contributed by atoms with Crippen molar-refractivity contribution in [2.45, 2.75) is 33.1 Å². The number of halogens is 3. The van der Waals surface area contributed by atoms with E-state index in [0.29, 0.717) is 11.4 Å². The topological polar surface area (TPSA) is 58.6 Å². The first-order valence-corrected chi connectivity index (χ1v) is 8.59. The third-order valence-corrected chi connectivity index (χ3v) is 3.69. The van der Waals surface area contributed by atoms with Crippen LogP contribution >= 0.6 is 0 Å². The van der Waals surface area contributed by atoms with Crippen LogP contribution in [0.25, 0.3) is 0 Å². The van der Waals surface area contributed by atoms with E-state index in [0.717, 1.165) is 17.0 Å². The Hall–Kier alpha value is -3.03. The lowest BCUT2D eigenvalue weighted by Gasteiger charge is -2.22. The number of para-hydroxylation sites is 2. The van der Waals surface area contributed by atoms with Crippen molar-refractivity contribution in [3.63, 3.8) is 0 Å². The molecule has 28 heavy (non-hydrogen) atoms. The molecule has 0 saturated carbocycles. The summed E-state index contributed by atoms with van der Waals surface area (Å²) in [5, 5.41) is 2.64. The lowest BCUT2D eigenvalue weighted by molar-refractivity contribution is -0.137. The van der Waals surface area contributed by atoms with E-state index >= 15 is 0 Å². The number of carbonyl (C=O) groups is 2. The number of ether oxygens (including phenoxy) is 1. The highest BCUT2D eigenvalue weighted by atomic mass is 19.4. The van der Waals surface area contributed by atoms with E-state index in [2.05, 4.69) is 5.32 Å². The van der Waals surface area contributed by atoms with Crippen LogP contribution in [0.5, 0.6) is 5.75 Å². The Morgan fingerprint density at radius 1 is 1.11 bits per heavy atom. The smallest absolute Gasteiger partial charge is 0.416 e. The lowest BCUT2D eigenvalue weighted by atomic mass is 10.1. The summed E-state index contributed by atoms with van der Waals surface area (Å²) in [6.45, 7) is 4.42. The molecule has 0 aromatic heterocycles. The number of alkyl halides is 3. The number of nitrogens with one attached hydrogen (secondary N) is 1. The molecule has 0 bridgehead atoms. The fourth-order valence-electron chi connectivity index (χ4n) is 2.49. The highest BCUT2D eigenvalue weighted by molar-refractivity contribution is 6.02. The van der Waals surface area contributed by atoms with Crippen molar-refractivity contribution >= 4 is 23.2 Å². The van der Waals surface area contributed by atoms with Gasteiger partial charge in [-0.25, -0.2) is 0 Å². The molecule has 2 rings (SSSR count). The van der Waals surface area contributed by atoms with Crippen molar-refractivity contribution in [1.82, 2.24) is 0 Å². The van der Waals surface area contributed by atoms with Crippen LogP contribution in [0.1, 0.15) is 26.3 Å². The Kier molecular flexibility index (Phi) is 6.66. The first-order valence-electron chi connectivity index (χ1n) is 8.59. The first kappa shape index (κ1) is 21.3. The number of rotatable bonds is 6. The molecule has 8 heteroatoms. The zero-order valence-corrected chi connectivity index (χ0v) is 15.7. The number of nitrogens with zero attached hydrogens (tertiary/aromatic N) is 1. The molecule has 150 valence electrons. The van der Waals surface area contributed by atoms with Crippen molar-refractivity contribution in [3.05, 3.63) is 54.1 Å². The zero-order valence-electron chi connectivity index (χ0n) is 15.7. The zero-order chi connectivity index (χ0) is 20.9. The SMILES string of the molecule is CC(=O)N(CC(=O)Nc1ccccc1OC(C)C)c1cccc(C(F)(F)F)c1. The molecule has 2 aromatic rings. The molecule has 0 aliphatic carbocycles. The molecule has 0 heterocycles. The Morgan fingerprint density at radius 3 is 2.39 bits per heavy atom. The summed E-state index contributed by atoms with van der Waals surface area (Å²) in [6.07, 6.45) is -4.66. The van der Waals surface area contributed by atoms with Gasteiger partial charge in [0.1, 0.15) is 12.3 Å². The normalized spacial score (nSPS) is 11.2. The summed E-state index contributed by atoms with van der Waals surface area (Å²) in [7, 11) is 0. The molecule has 0 saturated heterocycles. The van der Waals surface area contributed by atoms with Gasteiger partial charge in [-0.3, -0.25) is 9.59 Å². The van der Waals surface area contributed by atoms with E-state index < -0.39 is 30.1 Å². The number of carbonyl (C=O) groups excluding carboxylic acids is 2. The summed E-state index contributed by atoms with van der Waals surface area (Å²) in [5.41, 5.74) is -0.495. The van der Waals surface area contributed by atoms with E-state index in [9.17, 15) is 22.8 Å². The quantitative estimate of drug-likeness (QED) is 0.786. The molecular formula is C20H21F3N2O3. The van der Waals surface area contributed by atoms with Crippen molar-refractivity contribution in [3.8, 4) is 5.75 Å². The highest BCUT2D eigenvalue weighted by Crippen LogP contribution is 2.32. The van der Waals surface area contributed by atoms with E-state index in [1.54, 1.807) is 24.3 Å². The number of amides is 2. The predicted molar refractivity (Wildman–Crippen MR) is 100 cm³/mol. The second-order valence-electron chi connectivity index (χ2n) is 6.36. The van der Waals surface area contributed by atoms with Gasteiger partial charge in [0.25, 0.3) is 0 Å². The van der Waals surface area contributed by atoms with Gasteiger partial charge in [-0.15, -0.1) is 0 Å². The molecule has 0 aliphatic rings. The van der Waals surface area contributed by atoms with Crippen molar-refractivity contribution < 1.29 is 27.5 Å². The molecular weight excluding hydrogens is 373 g/mol. The fourth-order valence-corrected chi connectivity index (χ4v) is 2.49. The van der Waals surface area contributed by atoms with Gasteiger partial charge >= 0.3 is 6.18 Å². The molecule has 0 unspecified atom stereocenters. The van der Waals surface area contributed by atoms with Crippen LogP contribution in [0.2, 0.25) is 0 Å². The largest absolute Gasteiger partial charge is 0.489 e. The van der Waals surface area contributed by atoms with Gasteiger partial charge in [-0.05, 0) is 44.2 Å². The predicted octanol–water partition coefficient (Wildman–Crippen LogP) is 4.48. The van der Waals surface area contributed by atoms with Crippen LogP contribution in [0.4, 0.5) is 24.5 Å². The molecule has 0 aliphatic heterocycles. The summed E-state index contributed by atoms with van der Waals surface area (Å²) in [4.78, 5) is 25.4. The molecule has 2 amide bonds. The van der Waals surface area contributed by atoms with Crippen LogP contribution in [0, 0.1) is 0 Å². The van der Waals surface area contributed by atoms with Gasteiger partial charge in [-0.2, -0.15) is 13.2 Å². The number of hydrogen-bond donors (Lipinski definition) is 1. The monoisotopic (exact) mass is 394 g/mol.